The van der Waals surface area contributed by atoms with Crippen LogP contribution >= 0.6 is 0 Å². The Balaban J connectivity index is 2.54. The van der Waals surface area contributed by atoms with E-state index in [0.29, 0.717) is 0 Å². The molecular formula is C9H12. The minimum absolute atomic E-state index is 1.15. The van der Waals surface area contributed by atoms with Crippen molar-refractivity contribution in [1.82, 2.24) is 0 Å². The van der Waals surface area contributed by atoms with Crippen LogP contribution in [-0.4, -0.2) is 0 Å². The van der Waals surface area contributed by atoms with Crippen LogP contribution in [0.2, 0.25) is 0 Å². The average Bonchev–Trinajstić information content (AvgIpc) is 1.79. The van der Waals surface area contributed by atoms with E-state index in [1.54, 1.807) is 0 Å². The Morgan fingerprint density at radius 1 is 1.33 bits per heavy atom. The van der Waals surface area contributed by atoms with Gasteiger partial charge in [0.25, 0.3) is 0 Å². The van der Waals surface area contributed by atoms with E-state index < -0.39 is 0 Å². The molecule has 0 saturated heterocycles. The maximum atomic E-state index is 3.90. The van der Waals surface area contributed by atoms with E-state index in [1.807, 2.05) is 0 Å². The maximum absolute atomic E-state index is 3.90. The monoisotopic (exact) mass is 120 g/mol. The normalized spacial score (nSPS) is 19.3. The Kier molecular flexibility index (Phi) is 2.32. The van der Waals surface area contributed by atoms with E-state index in [4.69, 9.17) is 0 Å². The smallest absolute Gasteiger partial charge is 0.0282 e. The summed E-state index contributed by atoms with van der Waals surface area (Å²) in [4.78, 5) is 0. The molecule has 0 radical (unpaired) electrons. The summed E-state index contributed by atoms with van der Waals surface area (Å²) in [7, 11) is 0. The van der Waals surface area contributed by atoms with Gasteiger partial charge < -0.3 is 0 Å². The summed E-state index contributed by atoms with van der Waals surface area (Å²) < 4.78 is 0. The van der Waals surface area contributed by atoms with Crippen LogP contribution in [0.25, 0.3) is 0 Å². The second kappa shape index (κ2) is 3.29. The fourth-order valence-corrected chi connectivity index (χ4v) is 0.897. The van der Waals surface area contributed by atoms with Crippen LogP contribution in [0.4, 0.5) is 0 Å². The van der Waals surface area contributed by atoms with E-state index in [-0.39, 0.29) is 0 Å². The van der Waals surface area contributed by atoms with Crippen molar-refractivity contribution in [2.75, 3.05) is 0 Å². The van der Waals surface area contributed by atoms with Crippen molar-refractivity contribution in [3.63, 3.8) is 0 Å². The van der Waals surface area contributed by atoms with E-state index >= 15 is 0 Å². The molecule has 0 aromatic rings. The zero-order valence-corrected chi connectivity index (χ0v) is 5.64. The largest absolute Gasteiger partial charge is 0.0958 e. The van der Waals surface area contributed by atoms with Gasteiger partial charge in [-0.1, -0.05) is 36.5 Å². The zero-order valence-electron chi connectivity index (χ0n) is 5.64. The second-order valence-corrected chi connectivity index (χ2v) is 2.34. The summed E-state index contributed by atoms with van der Waals surface area (Å²) in [5.74, 6) is 0. The predicted octanol–water partition coefficient (Wildman–Crippen LogP) is 2.84. The first-order valence-corrected chi connectivity index (χ1v) is 3.40. The van der Waals surface area contributed by atoms with Gasteiger partial charge in [0.2, 0.25) is 0 Å². The number of hydrogen-bond donors (Lipinski definition) is 0. The minimum Gasteiger partial charge on any atom is -0.0958 e. The van der Waals surface area contributed by atoms with Gasteiger partial charge in [0, 0.05) is 0 Å². The lowest BCUT2D eigenvalue weighted by atomic mass is 10.1. The third-order valence-electron chi connectivity index (χ3n) is 1.45. The minimum atomic E-state index is 1.15. The van der Waals surface area contributed by atoms with Crippen LogP contribution in [0.1, 0.15) is 19.3 Å². The molecule has 0 N–H and O–H groups in total. The molecule has 0 amide bonds. The second-order valence-electron chi connectivity index (χ2n) is 2.34. The molecule has 1 aliphatic rings. The standard InChI is InChI=1S/C9H12/c1-9-7-5-3-2-4-6-8-9/h2-3,5,7H,1,4,6,8H2. The Hall–Kier alpha value is -0.780. The van der Waals surface area contributed by atoms with Crippen molar-refractivity contribution in [3.8, 4) is 0 Å². The summed E-state index contributed by atoms with van der Waals surface area (Å²) in [6.07, 6.45) is 12.0. The molecule has 0 aliphatic heterocycles. The Morgan fingerprint density at radius 3 is 3.11 bits per heavy atom. The van der Waals surface area contributed by atoms with Crippen LogP contribution in [-0.2, 0) is 0 Å². The lowest BCUT2D eigenvalue weighted by Gasteiger charge is -1.98. The van der Waals surface area contributed by atoms with Crippen molar-refractivity contribution in [2.24, 2.45) is 0 Å². The van der Waals surface area contributed by atoms with Crippen molar-refractivity contribution in [3.05, 3.63) is 36.5 Å². The summed E-state index contributed by atoms with van der Waals surface area (Å²) in [5.41, 5.74) is 1.25. The first-order chi connectivity index (χ1) is 4.39. The highest BCUT2D eigenvalue weighted by Crippen LogP contribution is 2.09. The van der Waals surface area contributed by atoms with Gasteiger partial charge in [0.15, 0.2) is 0 Å². The fourth-order valence-electron chi connectivity index (χ4n) is 0.897. The molecule has 0 spiro atoms. The number of rotatable bonds is 0. The zero-order chi connectivity index (χ0) is 6.53. The summed E-state index contributed by atoms with van der Waals surface area (Å²) in [5, 5.41) is 0. The van der Waals surface area contributed by atoms with Crippen molar-refractivity contribution in [1.29, 1.82) is 0 Å². The predicted molar refractivity (Wildman–Crippen MR) is 41.3 cm³/mol. The quantitative estimate of drug-likeness (QED) is 0.461. The summed E-state index contributed by atoms with van der Waals surface area (Å²) in [6.45, 7) is 3.90. The summed E-state index contributed by atoms with van der Waals surface area (Å²) in [6, 6.07) is 0. The number of hydrogen-bond acceptors (Lipinski definition) is 0. The summed E-state index contributed by atoms with van der Waals surface area (Å²) >= 11 is 0. The molecule has 0 fully saturated rings. The molecule has 0 heteroatoms. The molecule has 0 saturated carbocycles. The molecule has 0 aromatic carbocycles. The van der Waals surface area contributed by atoms with Crippen LogP contribution in [0, 0.1) is 0 Å². The molecule has 1 aliphatic carbocycles. The van der Waals surface area contributed by atoms with Crippen LogP contribution in [0.15, 0.2) is 36.5 Å². The first-order valence-electron chi connectivity index (χ1n) is 3.40. The molecule has 0 aromatic heterocycles. The van der Waals surface area contributed by atoms with Crippen molar-refractivity contribution >= 4 is 0 Å². The van der Waals surface area contributed by atoms with Crippen molar-refractivity contribution < 1.29 is 0 Å². The van der Waals surface area contributed by atoms with E-state index in [9.17, 15) is 0 Å². The highest BCUT2D eigenvalue weighted by atomic mass is 13.9. The highest BCUT2D eigenvalue weighted by Gasteiger charge is 1.89. The number of allylic oxidation sites excluding steroid dienone is 5. The first kappa shape index (κ1) is 6.34. The topological polar surface area (TPSA) is 0 Å². The molecule has 0 bridgehead atoms. The van der Waals surface area contributed by atoms with Crippen LogP contribution < -0.4 is 0 Å². The van der Waals surface area contributed by atoms with E-state index in [1.165, 1.54) is 18.4 Å². The molecule has 0 heterocycles. The van der Waals surface area contributed by atoms with Gasteiger partial charge in [-0.25, -0.2) is 0 Å². The van der Waals surface area contributed by atoms with Gasteiger partial charge in [-0.15, -0.1) is 0 Å². The van der Waals surface area contributed by atoms with Crippen LogP contribution in [0.3, 0.4) is 0 Å². The SMILES string of the molecule is C=C1C=CC=CCCC1. The highest BCUT2D eigenvalue weighted by molar-refractivity contribution is 5.20. The van der Waals surface area contributed by atoms with Crippen LogP contribution in [0.5, 0.6) is 0 Å². The Morgan fingerprint density at radius 2 is 2.22 bits per heavy atom. The van der Waals surface area contributed by atoms with E-state index in [2.05, 4.69) is 30.9 Å². The van der Waals surface area contributed by atoms with Gasteiger partial charge >= 0.3 is 0 Å². The van der Waals surface area contributed by atoms with Gasteiger partial charge in [0.1, 0.15) is 0 Å². The molecular weight excluding hydrogens is 108 g/mol. The lowest BCUT2D eigenvalue weighted by Crippen LogP contribution is -1.78. The van der Waals surface area contributed by atoms with Gasteiger partial charge in [-0.3, -0.25) is 0 Å². The fraction of sp³-hybridized carbons (Fsp3) is 0.333. The Bertz CT molecular complexity index is 149. The van der Waals surface area contributed by atoms with Crippen molar-refractivity contribution in [2.45, 2.75) is 19.3 Å². The molecule has 0 atom stereocenters. The Labute approximate surface area is 56.6 Å². The molecule has 48 valence electrons. The van der Waals surface area contributed by atoms with Gasteiger partial charge in [-0.05, 0) is 19.3 Å². The molecule has 0 nitrogen and oxygen atoms in total. The average molecular weight is 120 g/mol. The van der Waals surface area contributed by atoms with E-state index in [0.717, 1.165) is 6.42 Å². The maximum Gasteiger partial charge on any atom is -0.0282 e. The third kappa shape index (κ3) is 2.31. The molecule has 9 heavy (non-hydrogen) atoms. The molecule has 0 unspecified atom stereocenters. The van der Waals surface area contributed by atoms with Gasteiger partial charge in [0.05, 0.1) is 0 Å². The lowest BCUT2D eigenvalue weighted by molar-refractivity contribution is 0.845. The van der Waals surface area contributed by atoms with Gasteiger partial charge in [-0.2, -0.15) is 0 Å². The molecule has 1 rings (SSSR count). The third-order valence-corrected chi connectivity index (χ3v) is 1.45.